The monoisotopic (exact) mass is 464 g/mol. The predicted molar refractivity (Wildman–Crippen MR) is 136 cm³/mol. The maximum atomic E-state index is 13.0. The normalized spacial score (nSPS) is 11.0. The van der Waals surface area contributed by atoms with Crippen LogP contribution in [0.2, 0.25) is 0 Å². The summed E-state index contributed by atoms with van der Waals surface area (Å²) in [6, 6.07) is 22.7. The van der Waals surface area contributed by atoms with E-state index in [1.807, 2.05) is 60.7 Å². The maximum Gasteiger partial charge on any atom is 0.276 e. The van der Waals surface area contributed by atoms with Gasteiger partial charge in [-0.25, -0.2) is 4.98 Å². The number of carbonyl (C=O) groups is 2. The van der Waals surface area contributed by atoms with Crippen molar-refractivity contribution in [3.8, 4) is 5.75 Å². The molecule has 2 N–H and O–H groups in total. The van der Waals surface area contributed by atoms with Gasteiger partial charge >= 0.3 is 0 Å². The Labute approximate surface area is 202 Å². The molecule has 2 aromatic heterocycles. The number of hydrogen-bond acceptors (Lipinski definition) is 5. The van der Waals surface area contributed by atoms with Crippen molar-refractivity contribution >= 4 is 39.4 Å². The fourth-order valence-corrected chi connectivity index (χ4v) is 4.08. The number of anilines is 1. The smallest absolute Gasteiger partial charge is 0.276 e. The van der Waals surface area contributed by atoms with Crippen molar-refractivity contribution in [2.24, 2.45) is 0 Å². The molecule has 0 fully saturated rings. The third-order valence-electron chi connectivity index (χ3n) is 5.94. The molecule has 0 aliphatic rings. The minimum atomic E-state index is -0.373. The van der Waals surface area contributed by atoms with Crippen LogP contribution in [0.5, 0.6) is 5.75 Å². The van der Waals surface area contributed by atoms with Gasteiger partial charge in [0.1, 0.15) is 17.0 Å². The van der Waals surface area contributed by atoms with Gasteiger partial charge in [-0.1, -0.05) is 42.5 Å². The molecule has 7 heteroatoms. The Hall–Kier alpha value is -4.52. The molecule has 5 aromatic rings. The SMILES string of the molecule is COc1ccc(CCCC(=O)c2cccc3[nH]c(NC(=O)c4cc5ccccc5cn4)nc23)cc1. The highest BCUT2D eigenvalue weighted by atomic mass is 16.5. The number of aryl methyl sites for hydroxylation is 1. The van der Waals surface area contributed by atoms with Gasteiger partial charge in [0.05, 0.1) is 12.6 Å². The number of Topliss-reactive ketones (excluding diaryl/α,β-unsaturated/α-hetero) is 1. The molecule has 5 rings (SSSR count). The van der Waals surface area contributed by atoms with Gasteiger partial charge in [0.25, 0.3) is 5.91 Å². The molecule has 7 nitrogen and oxygen atoms in total. The summed E-state index contributed by atoms with van der Waals surface area (Å²) in [6.45, 7) is 0. The van der Waals surface area contributed by atoms with Crippen LogP contribution in [0.15, 0.2) is 79.0 Å². The molecule has 174 valence electrons. The van der Waals surface area contributed by atoms with E-state index < -0.39 is 0 Å². The first-order chi connectivity index (χ1) is 17.1. The van der Waals surface area contributed by atoms with Gasteiger partial charge in [-0.3, -0.25) is 19.9 Å². The predicted octanol–water partition coefficient (Wildman–Crippen LogP) is 5.58. The van der Waals surface area contributed by atoms with Crippen LogP contribution in [-0.4, -0.2) is 33.8 Å². The second-order valence-electron chi connectivity index (χ2n) is 8.28. The summed E-state index contributed by atoms with van der Waals surface area (Å²) < 4.78 is 5.18. The quantitative estimate of drug-likeness (QED) is 0.292. The molecule has 2 heterocycles. The van der Waals surface area contributed by atoms with Crippen molar-refractivity contribution in [1.29, 1.82) is 0 Å². The van der Waals surface area contributed by atoms with Gasteiger partial charge in [-0.05, 0) is 54.1 Å². The van der Waals surface area contributed by atoms with E-state index in [1.54, 1.807) is 25.4 Å². The summed E-state index contributed by atoms with van der Waals surface area (Å²) in [5, 5.41) is 4.65. The Morgan fingerprint density at radius 1 is 0.971 bits per heavy atom. The molecule has 35 heavy (non-hydrogen) atoms. The third-order valence-corrected chi connectivity index (χ3v) is 5.94. The van der Waals surface area contributed by atoms with Crippen molar-refractivity contribution in [2.45, 2.75) is 19.3 Å². The molecule has 0 aliphatic carbocycles. The molecule has 1 amide bonds. The fraction of sp³-hybridized carbons (Fsp3) is 0.143. The summed E-state index contributed by atoms with van der Waals surface area (Å²) in [4.78, 5) is 37.6. The van der Waals surface area contributed by atoms with E-state index in [4.69, 9.17) is 4.74 Å². The lowest BCUT2D eigenvalue weighted by molar-refractivity contribution is 0.0980. The summed E-state index contributed by atoms with van der Waals surface area (Å²) >= 11 is 0. The summed E-state index contributed by atoms with van der Waals surface area (Å²) in [5.74, 6) is 0.736. The maximum absolute atomic E-state index is 13.0. The highest BCUT2D eigenvalue weighted by Crippen LogP contribution is 2.22. The number of benzene rings is 3. The van der Waals surface area contributed by atoms with Gasteiger partial charge in [0, 0.05) is 23.6 Å². The number of pyridine rings is 1. The number of nitrogens with one attached hydrogen (secondary N) is 2. The average Bonchev–Trinajstić information content (AvgIpc) is 3.31. The number of aromatic amines is 1. The zero-order valence-electron chi connectivity index (χ0n) is 19.2. The zero-order chi connectivity index (χ0) is 24.2. The third kappa shape index (κ3) is 4.89. The van der Waals surface area contributed by atoms with Crippen LogP contribution in [0.4, 0.5) is 5.95 Å². The molecule has 0 spiro atoms. The van der Waals surface area contributed by atoms with Gasteiger partial charge in [-0.2, -0.15) is 0 Å². The van der Waals surface area contributed by atoms with E-state index in [1.165, 1.54) is 0 Å². The van der Waals surface area contributed by atoms with Crippen molar-refractivity contribution in [1.82, 2.24) is 15.0 Å². The Balaban J connectivity index is 1.28. The lowest BCUT2D eigenvalue weighted by Crippen LogP contribution is -2.14. The number of amides is 1. The van der Waals surface area contributed by atoms with Crippen LogP contribution >= 0.6 is 0 Å². The van der Waals surface area contributed by atoms with Gasteiger partial charge in [0.2, 0.25) is 5.95 Å². The van der Waals surface area contributed by atoms with Crippen LogP contribution in [0.3, 0.4) is 0 Å². The van der Waals surface area contributed by atoms with Crippen molar-refractivity contribution in [3.63, 3.8) is 0 Å². The van der Waals surface area contributed by atoms with Crippen LogP contribution in [0, 0.1) is 0 Å². The molecule has 0 aliphatic heterocycles. The molecule has 0 unspecified atom stereocenters. The van der Waals surface area contributed by atoms with Crippen LogP contribution in [-0.2, 0) is 6.42 Å². The van der Waals surface area contributed by atoms with E-state index in [-0.39, 0.29) is 17.6 Å². The summed E-state index contributed by atoms with van der Waals surface area (Å²) in [7, 11) is 1.64. The molecule has 0 bridgehead atoms. The number of methoxy groups -OCH3 is 1. The first-order valence-corrected chi connectivity index (χ1v) is 11.4. The molecule has 0 atom stereocenters. The Morgan fingerprint density at radius 3 is 2.57 bits per heavy atom. The topological polar surface area (TPSA) is 97.0 Å². The zero-order valence-corrected chi connectivity index (χ0v) is 19.2. The second-order valence-corrected chi connectivity index (χ2v) is 8.28. The summed E-state index contributed by atoms with van der Waals surface area (Å²) in [5.41, 5.74) is 3.22. The Bertz CT molecular complexity index is 1520. The van der Waals surface area contributed by atoms with E-state index in [9.17, 15) is 9.59 Å². The fourth-order valence-electron chi connectivity index (χ4n) is 4.08. The standard InChI is InChI=1S/C28H24N4O3/c1-35-21-14-12-18(13-15-21)6-4-11-25(33)22-9-5-10-23-26(22)31-28(30-23)32-27(34)24-16-19-7-2-3-8-20(19)17-29-24/h2-3,5,7-10,12-17H,4,6,11H2,1H3,(H2,30,31,32,34). The number of aromatic nitrogens is 3. The van der Waals surface area contributed by atoms with E-state index >= 15 is 0 Å². The molecule has 0 saturated heterocycles. The van der Waals surface area contributed by atoms with Crippen molar-refractivity contribution in [3.05, 3.63) is 95.8 Å². The van der Waals surface area contributed by atoms with E-state index in [0.29, 0.717) is 28.7 Å². The Kier molecular flexibility index (Phi) is 6.22. The number of imidazole rings is 1. The van der Waals surface area contributed by atoms with Crippen LogP contribution in [0.1, 0.15) is 39.3 Å². The Morgan fingerprint density at radius 2 is 1.77 bits per heavy atom. The minimum absolute atomic E-state index is 0.0182. The average molecular weight is 465 g/mol. The number of ketones is 1. The number of hydrogen-bond donors (Lipinski definition) is 2. The first-order valence-electron chi connectivity index (χ1n) is 11.4. The lowest BCUT2D eigenvalue weighted by Gasteiger charge is -2.04. The van der Waals surface area contributed by atoms with Crippen molar-refractivity contribution in [2.75, 3.05) is 12.4 Å². The number of H-pyrrole nitrogens is 1. The number of ether oxygens (including phenoxy) is 1. The van der Waals surface area contributed by atoms with E-state index in [0.717, 1.165) is 34.9 Å². The number of para-hydroxylation sites is 1. The second kappa shape index (κ2) is 9.77. The van der Waals surface area contributed by atoms with Crippen LogP contribution < -0.4 is 10.1 Å². The van der Waals surface area contributed by atoms with Gasteiger partial charge in [0.15, 0.2) is 5.78 Å². The number of rotatable bonds is 8. The van der Waals surface area contributed by atoms with Crippen LogP contribution in [0.25, 0.3) is 21.8 Å². The highest BCUT2D eigenvalue weighted by Gasteiger charge is 2.16. The molecule has 0 radical (unpaired) electrons. The number of carbonyl (C=O) groups excluding carboxylic acids is 2. The van der Waals surface area contributed by atoms with Gasteiger partial charge < -0.3 is 9.72 Å². The number of nitrogens with zero attached hydrogens (tertiary/aromatic N) is 2. The molecule has 0 saturated carbocycles. The van der Waals surface area contributed by atoms with Gasteiger partial charge in [-0.15, -0.1) is 0 Å². The molecular formula is C28H24N4O3. The lowest BCUT2D eigenvalue weighted by atomic mass is 10.0. The number of fused-ring (bicyclic) bond motifs is 2. The largest absolute Gasteiger partial charge is 0.497 e. The summed E-state index contributed by atoms with van der Waals surface area (Å²) in [6.07, 6.45) is 3.60. The molecule has 3 aromatic carbocycles. The highest BCUT2D eigenvalue weighted by molar-refractivity contribution is 6.08. The molecular weight excluding hydrogens is 440 g/mol. The minimum Gasteiger partial charge on any atom is -0.497 e. The van der Waals surface area contributed by atoms with E-state index in [2.05, 4.69) is 20.3 Å². The van der Waals surface area contributed by atoms with Crippen molar-refractivity contribution < 1.29 is 14.3 Å². The first kappa shape index (κ1) is 22.3.